The summed E-state index contributed by atoms with van der Waals surface area (Å²) in [6.07, 6.45) is 1.05. The van der Waals surface area contributed by atoms with Crippen LogP contribution in [0.5, 0.6) is 0 Å². The van der Waals surface area contributed by atoms with Crippen LogP contribution in [-0.4, -0.2) is 165 Å². The molecule has 12 atom stereocenters. The number of ether oxygens (including phenoxy) is 1. The van der Waals surface area contributed by atoms with Gasteiger partial charge >= 0.3 is 11.9 Å². The summed E-state index contributed by atoms with van der Waals surface area (Å²) in [4.78, 5) is 152. The Morgan fingerprint density at radius 2 is 1.08 bits per heavy atom. The second-order valence-corrected chi connectivity index (χ2v) is 22.4. The molecule has 0 spiro atoms. The first-order valence-electron chi connectivity index (χ1n) is 28.0. The number of carbonyl (C=O) groups is 11. The smallest absolute Gasteiger partial charge is 0.329 e. The van der Waals surface area contributed by atoms with Gasteiger partial charge in [-0.3, -0.25) is 47.9 Å². The number of aliphatic hydroxyl groups is 3. The minimum Gasteiger partial charge on any atom is -0.481 e. The molecule has 25 nitrogen and oxygen atoms in total. The summed E-state index contributed by atoms with van der Waals surface area (Å²) < 4.78 is 5.82. The third kappa shape index (κ3) is 26.3. The summed E-state index contributed by atoms with van der Waals surface area (Å²) in [6, 6.07) is -14.1. The Hall–Kier alpha value is -5.95. The molecule has 1 rings (SSSR count). The molecule has 0 saturated carbocycles. The largest absolute Gasteiger partial charge is 0.481 e. The zero-order chi connectivity index (χ0) is 60.3. The number of carboxylic acid groups (broad SMARTS) is 1. The van der Waals surface area contributed by atoms with Crippen LogP contribution in [0, 0.1) is 29.6 Å². The number of hydrogen-bond donors (Lipinski definition) is 13. The number of aliphatic carboxylic acids is 1. The molecule has 0 aromatic heterocycles. The number of carbonyl (C=O) groups excluding carboxylic acids is 10. The molecule has 25 heteroatoms. The lowest BCUT2D eigenvalue weighted by Gasteiger charge is -2.32. The number of aliphatic hydroxyl groups excluding tert-OH is 3. The van der Waals surface area contributed by atoms with E-state index in [1.54, 1.807) is 69.2 Å². The summed E-state index contributed by atoms with van der Waals surface area (Å²) >= 11 is 0. The average molecular weight is 1130 g/mol. The van der Waals surface area contributed by atoms with E-state index in [2.05, 4.69) is 54.8 Å². The number of carboxylic acids is 1. The molecule has 0 aromatic rings. The van der Waals surface area contributed by atoms with E-state index in [9.17, 15) is 73.2 Å². The average Bonchev–Trinajstić information content (AvgIpc) is 3.36. The van der Waals surface area contributed by atoms with Crippen molar-refractivity contribution in [2.75, 3.05) is 13.2 Å². The lowest BCUT2D eigenvalue weighted by atomic mass is 9.98. The van der Waals surface area contributed by atoms with Gasteiger partial charge < -0.3 is 73.0 Å². The zero-order valence-corrected chi connectivity index (χ0v) is 48.5. The number of rotatable bonds is 27. The van der Waals surface area contributed by atoms with Crippen molar-refractivity contribution < 1.29 is 77.9 Å². The van der Waals surface area contributed by atoms with Crippen LogP contribution in [0.15, 0.2) is 0 Å². The molecule has 1 aliphatic heterocycles. The first-order valence-corrected chi connectivity index (χ1v) is 28.0. The summed E-state index contributed by atoms with van der Waals surface area (Å²) in [5.74, 6) is -13.4. The lowest BCUT2D eigenvalue weighted by Crippen LogP contribution is -2.64. The van der Waals surface area contributed by atoms with Gasteiger partial charge in [0.15, 0.2) is 0 Å². The standard InChI is InChI=1S/C54H95N9O16/c1-13-15-16-17-18-19-34(66)25-41(67)55-36(22-28(3)4)47(71)56-35(20-21-42(68)69)46(70)63-45-33(12)79-54(78)44(32(11)14-2)62-51(75)40(27-65)60-48(72)37(23-29(5)6)57-50(74)39(26-64)59-49(73)38(24-30(7)8)58-52(76)43(31(9)10)61-53(45)77/h28-40,43-45,64-66H,13-27H2,1-12H3,(H,55,67)(H,56,71)(H,57,74)(H,58,76)(H,59,73)(H,60,72)(H,61,77)(H,62,75)(H,63,70)(H,68,69)/t32-,33+,34+,35+,36-,37-,38-,39+,40+,43?,44?,45?/m0/s1. The summed E-state index contributed by atoms with van der Waals surface area (Å²) in [6.45, 7) is 18.2. The highest BCUT2D eigenvalue weighted by Gasteiger charge is 2.40. The van der Waals surface area contributed by atoms with Crippen LogP contribution in [0.3, 0.4) is 0 Å². The Balaban J connectivity index is 3.99. The maximum absolute atomic E-state index is 14.7. The molecule has 3 unspecified atom stereocenters. The van der Waals surface area contributed by atoms with E-state index < -0.39 is 170 Å². The predicted molar refractivity (Wildman–Crippen MR) is 291 cm³/mol. The number of cyclic esters (lactones) is 1. The fourth-order valence-corrected chi connectivity index (χ4v) is 8.61. The number of esters is 1. The minimum atomic E-state index is -1.95. The van der Waals surface area contributed by atoms with Crippen LogP contribution in [-0.2, 0) is 57.5 Å². The van der Waals surface area contributed by atoms with Gasteiger partial charge in [-0.15, -0.1) is 0 Å². The van der Waals surface area contributed by atoms with Gasteiger partial charge in [0.25, 0.3) is 0 Å². The Labute approximate surface area is 465 Å². The van der Waals surface area contributed by atoms with Crippen molar-refractivity contribution >= 4 is 65.1 Å². The fourth-order valence-electron chi connectivity index (χ4n) is 8.61. The van der Waals surface area contributed by atoms with Crippen molar-refractivity contribution in [2.45, 2.75) is 233 Å². The maximum atomic E-state index is 14.7. The summed E-state index contributed by atoms with van der Waals surface area (Å²) in [7, 11) is 0. The molecule has 1 aliphatic rings. The van der Waals surface area contributed by atoms with E-state index >= 15 is 0 Å². The van der Waals surface area contributed by atoms with E-state index in [4.69, 9.17) is 4.74 Å². The Morgan fingerprint density at radius 1 is 0.582 bits per heavy atom. The molecule has 0 bridgehead atoms. The second kappa shape index (κ2) is 36.3. The van der Waals surface area contributed by atoms with Gasteiger partial charge in [0, 0.05) is 6.42 Å². The number of unbranched alkanes of at least 4 members (excludes halogenated alkanes) is 4. The van der Waals surface area contributed by atoms with E-state index in [-0.39, 0.29) is 49.9 Å². The van der Waals surface area contributed by atoms with Crippen molar-refractivity contribution in [3.8, 4) is 0 Å². The van der Waals surface area contributed by atoms with Crippen LogP contribution >= 0.6 is 0 Å². The summed E-state index contributed by atoms with van der Waals surface area (Å²) in [5, 5.41) is 63.5. The van der Waals surface area contributed by atoms with Crippen LogP contribution in [0.25, 0.3) is 0 Å². The lowest BCUT2D eigenvalue weighted by molar-refractivity contribution is -0.158. The maximum Gasteiger partial charge on any atom is 0.329 e. The van der Waals surface area contributed by atoms with Gasteiger partial charge in [-0.25, -0.2) is 4.79 Å². The van der Waals surface area contributed by atoms with Gasteiger partial charge in [-0.05, 0) is 68.6 Å². The van der Waals surface area contributed by atoms with Gasteiger partial charge in [0.2, 0.25) is 53.2 Å². The molecule has 1 fully saturated rings. The highest BCUT2D eigenvalue weighted by molar-refractivity contribution is 5.99. The second-order valence-electron chi connectivity index (χ2n) is 22.4. The fraction of sp³-hybridized carbons (Fsp3) is 0.796. The van der Waals surface area contributed by atoms with E-state index in [0.29, 0.717) is 12.8 Å². The number of hydrogen-bond acceptors (Lipinski definition) is 15. The molecular formula is C54H95N9O16. The van der Waals surface area contributed by atoms with Gasteiger partial charge in [0.1, 0.15) is 60.5 Å². The molecule has 0 aliphatic carbocycles. The first kappa shape index (κ1) is 71.1. The van der Waals surface area contributed by atoms with Gasteiger partial charge in [-0.2, -0.15) is 0 Å². The molecule has 1 heterocycles. The zero-order valence-electron chi connectivity index (χ0n) is 48.5. The van der Waals surface area contributed by atoms with Crippen LogP contribution in [0.4, 0.5) is 0 Å². The summed E-state index contributed by atoms with van der Waals surface area (Å²) in [5.41, 5.74) is 0. The molecule has 0 aromatic carbocycles. The minimum absolute atomic E-state index is 0.0100. The van der Waals surface area contributed by atoms with Crippen molar-refractivity contribution in [1.29, 1.82) is 0 Å². The van der Waals surface area contributed by atoms with Crippen LogP contribution in [0.1, 0.15) is 167 Å². The third-order valence-electron chi connectivity index (χ3n) is 13.4. The Kier molecular flexibility index (Phi) is 32.7. The molecular weight excluding hydrogens is 1030 g/mol. The normalized spacial score (nSPS) is 24.0. The van der Waals surface area contributed by atoms with Gasteiger partial charge in [0.05, 0.1) is 25.7 Å². The molecule has 79 heavy (non-hydrogen) atoms. The van der Waals surface area contributed by atoms with E-state index in [1.165, 1.54) is 6.92 Å². The topological polar surface area (TPSA) is 386 Å². The Bertz CT molecular complexity index is 2020. The molecule has 0 radical (unpaired) electrons. The first-order chi connectivity index (χ1) is 37.0. The van der Waals surface area contributed by atoms with Crippen LogP contribution < -0.4 is 47.9 Å². The van der Waals surface area contributed by atoms with E-state index in [0.717, 1.165) is 25.7 Å². The third-order valence-corrected chi connectivity index (χ3v) is 13.4. The van der Waals surface area contributed by atoms with Crippen molar-refractivity contribution in [1.82, 2.24) is 47.9 Å². The molecule has 13 N–H and O–H groups in total. The Morgan fingerprint density at radius 3 is 1.56 bits per heavy atom. The van der Waals surface area contributed by atoms with Crippen molar-refractivity contribution in [3.05, 3.63) is 0 Å². The quantitative estimate of drug-likeness (QED) is 0.0383. The van der Waals surface area contributed by atoms with Gasteiger partial charge in [-0.1, -0.05) is 115 Å². The monoisotopic (exact) mass is 1130 g/mol. The highest BCUT2D eigenvalue weighted by Crippen LogP contribution is 2.17. The highest BCUT2D eigenvalue weighted by atomic mass is 16.5. The van der Waals surface area contributed by atoms with Crippen LogP contribution in [0.2, 0.25) is 0 Å². The van der Waals surface area contributed by atoms with Crippen molar-refractivity contribution in [3.63, 3.8) is 0 Å². The van der Waals surface area contributed by atoms with Crippen molar-refractivity contribution in [2.24, 2.45) is 29.6 Å². The molecule has 452 valence electrons. The SMILES string of the molecule is CCCCCCC[C@@H](O)CC(=O)N[C@@H](CC(C)C)C(=O)N[C@H](CCC(=O)O)C(=O)NC1C(=O)NC(C(C)C)C(=O)N[C@@H](CC(C)C)C(=O)N[C@H](CO)C(=O)N[C@@H](CC(C)C)C(=O)N[C@H](CO)C(=O)NC([C@@H](C)CC)C(=O)O[C@@H]1C. The number of nitrogens with one attached hydrogen (secondary N) is 9. The number of amides is 9. The van der Waals surface area contributed by atoms with E-state index in [1.807, 2.05) is 0 Å². The molecule has 9 amide bonds. The molecule has 1 saturated heterocycles. The predicted octanol–water partition coefficient (Wildman–Crippen LogP) is 0.0962.